The van der Waals surface area contributed by atoms with Gasteiger partial charge in [-0.1, -0.05) is 64.1 Å². The molecule has 0 N–H and O–H groups in total. The Labute approximate surface area is 125 Å². The van der Waals surface area contributed by atoms with Crippen molar-refractivity contribution in [3.05, 3.63) is 58.7 Å². The minimum absolute atomic E-state index is 1.32. The summed E-state index contributed by atoms with van der Waals surface area (Å²) >= 11 is 0. The van der Waals surface area contributed by atoms with Gasteiger partial charge in [-0.2, -0.15) is 0 Å². The largest absolute Gasteiger partial charge is 0.0683 e. The molecule has 0 saturated heterocycles. The zero-order chi connectivity index (χ0) is 15.7. The van der Waals surface area contributed by atoms with Gasteiger partial charge in [-0.15, -0.1) is 0 Å². The van der Waals surface area contributed by atoms with Crippen molar-refractivity contribution in [2.75, 3.05) is 0 Å². The maximum atomic E-state index is 2.27. The summed E-state index contributed by atoms with van der Waals surface area (Å²) < 4.78 is 0. The lowest BCUT2D eigenvalue weighted by Gasteiger charge is -2.10. The molecular weight excluding hydrogens is 240 g/mol. The van der Waals surface area contributed by atoms with Crippen LogP contribution in [0.1, 0.15) is 49.9 Å². The third-order valence-electron chi connectivity index (χ3n) is 3.42. The van der Waals surface area contributed by atoms with Crippen LogP contribution in [-0.4, -0.2) is 0 Å². The molecule has 0 aliphatic carbocycles. The summed E-state index contributed by atoms with van der Waals surface area (Å²) in [6, 6.07) is 13.2. The average molecular weight is 270 g/mol. The first-order chi connectivity index (χ1) is 9.59. The van der Waals surface area contributed by atoms with Crippen molar-refractivity contribution in [3.8, 4) is 11.1 Å². The fourth-order valence-corrected chi connectivity index (χ4v) is 1.97. The standard InChI is InChI=1S/C16H18.2C2H6/c1-11-8-9-15(10-13(11)3)16-7-5-6-12(2)14(16)4;2*1-2/h5-10H,1-4H3;2*1-2H3. The maximum Gasteiger partial charge on any atom is -0.0152 e. The predicted octanol–water partition coefficient (Wildman–Crippen LogP) is 6.64. The first-order valence-electron chi connectivity index (χ1n) is 7.73. The Morgan fingerprint density at radius 3 is 1.75 bits per heavy atom. The van der Waals surface area contributed by atoms with Crippen LogP contribution in [0.25, 0.3) is 11.1 Å². The first kappa shape index (κ1) is 18.4. The SMILES string of the molecule is CC.CC.Cc1ccc(-c2cccc(C)c2C)cc1C. The molecule has 0 aliphatic heterocycles. The molecule has 0 amide bonds. The van der Waals surface area contributed by atoms with Crippen LogP contribution < -0.4 is 0 Å². The van der Waals surface area contributed by atoms with Crippen LogP contribution in [-0.2, 0) is 0 Å². The molecule has 0 fully saturated rings. The lowest BCUT2D eigenvalue weighted by atomic mass is 9.95. The van der Waals surface area contributed by atoms with Crippen LogP contribution in [0.15, 0.2) is 36.4 Å². The molecule has 20 heavy (non-hydrogen) atoms. The quantitative estimate of drug-likeness (QED) is 0.545. The van der Waals surface area contributed by atoms with Gasteiger partial charge in [0.15, 0.2) is 0 Å². The fraction of sp³-hybridized carbons (Fsp3) is 0.400. The lowest BCUT2D eigenvalue weighted by Crippen LogP contribution is -1.88. The number of rotatable bonds is 1. The average Bonchev–Trinajstić information content (AvgIpc) is 2.49. The zero-order valence-corrected chi connectivity index (χ0v) is 14.5. The van der Waals surface area contributed by atoms with Gasteiger partial charge in [0.25, 0.3) is 0 Å². The molecular formula is C20H30. The van der Waals surface area contributed by atoms with Gasteiger partial charge < -0.3 is 0 Å². The smallest absolute Gasteiger partial charge is 0.0152 e. The molecule has 0 aromatic heterocycles. The van der Waals surface area contributed by atoms with Crippen LogP contribution in [0.2, 0.25) is 0 Å². The van der Waals surface area contributed by atoms with E-state index in [4.69, 9.17) is 0 Å². The fourth-order valence-electron chi connectivity index (χ4n) is 1.97. The Bertz CT molecular complexity index is 522. The summed E-state index contributed by atoms with van der Waals surface area (Å²) in [5.41, 5.74) is 8.13. The van der Waals surface area contributed by atoms with Crippen molar-refractivity contribution < 1.29 is 0 Å². The normalized spacial score (nSPS) is 9.00. The second-order valence-corrected chi connectivity index (χ2v) is 4.55. The van der Waals surface area contributed by atoms with Crippen molar-refractivity contribution >= 4 is 0 Å². The zero-order valence-electron chi connectivity index (χ0n) is 14.5. The highest BCUT2D eigenvalue weighted by Crippen LogP contribution is 2.26. The van der Waals surface area contributed by atoms with Gasteiger partial charge in [-0.25, -0.2) is 0 Å². The van der Waals surface area contributed by atoms with E-state index in [2.05, 4.69) is 64.1 Å². The Kier molecular flexibility index (Phi) is 8.63. The molecule has 0 heterocycles. The number of aryl methyl sites for hydroxylation is 3. The molecule has 0 spiro atoms. The number of hydrogen-bond donors (Lipinski definition) is 0. The molecule has 0 unspecified atom stereocenters. The molecule has 2 aromatic carbocycles. The number of hydrogen-bond acceptors (Lipinski definition) is 0. The minimum atomic E-state index is 1.32. The topological polar surface area (TPSA) is 0 Å². The number of benzene rings is 2. The summed E-state index contributed by atoms with van der Waals surface area (Å²) in [4.78, 5) is 0. The Balaban J connectivity index is 0.000000829. The second kappa shape index (κ2) is 9.36. The second-order valence-electron chi connectivity index (χ2n) is 4.55. The molecule has 0 heteroatoms. The van der Waals surface area contributed by atoms with Crippen LogP contribution in [0, 0.1) is 27.7 Å². The highest BCUT2D eigenvalue weighted by atomic mass is 14.1. The Morgan fingerprint density at radius 1 is 0.600 bits per heavy atom. The monoisotopic (exact) mass is 270 g/mol. The summed E-state index contributed by atoms with van der Waals surface area (Å²) in [7, 11) is 0. The van der Waals surface area contributed by atoms with Gasteiger partial charge in [0.2, 0.25) is 0 Å². The molecule has 0 bridgehead atoms. The third-order valence-corrected chi connectivity index (χ3v) is 3.42. The molecule has 2 rings (SSSR count). The van der Waals surface area contributed by atoms with E-state index in [1.165, 1.54) is 33.4 Å². The molecule has 110 valence electrons. The van der Waals surface area contributed by atoms with E-state index in [1.54, 1.807) is 0 Å². The highest BCUT2D eigenvalue weighted by molar-refractivity contribution is 5.69. The van der Waals surface area contributed by atoms with Crippen LogP contribution >= 0.6 is 0 Å². The van der Waals surface area contributed by atoms with E-state index < -0.39 is 0 Å². The summed E-state index contributed by atoms with van der Waals surface area (Å²) in [6.45, 7) is 16.7. The van der Waals surface area contributed by atoms with E-state index in [1.807, 2.05) is 27.7 Å². The van der Waals surface area contributed by atoms with Gasteiger partial charge in [-0.3, -0.25) is 0 Å². The Morgan fingerprint density at radius 2 is 1.20 bits per heavy atom. The van der Waals surface area contributed by atoms with E-state index in [0.29, 0.717) is 0 Å². The van der Waals surface area contributed by atoms with Gasteiger partial charge in [0.05, 0.1) is 0 Å². The van der Waals surface area contributed by atoms with E-state index in [9.17, 15) is 0 Å². The van der Waals surface area contributed by atoms with Crippen molar-refractivity contribution in [1.29, 1.82) is 0 Å². The summed E-state index contributed by atoms with van der Waals surface area (Å²) in [6.07, 6.45) is 0. The predicted molar refractivity (Wildman–Crippen MR) is 93.5 cm³/mol. The first-order valence-corrected chi connectivity index (χ1v) is 7.73. The third kappa shape index (κ3) is 4.52. The van der Waals surface area contributed by atoms with Gasteiger partial charge >= 0.3 is 0 Å². The van der Waals surface area contributed by atoms with Gasteiger partial charge in [0.1, 0.15) is 0 Å². The molecule has 0 nitrogen and oxygen atoms in total. The van der Waals surface area contributed by atoms with E-state index in [-0.39, 0.29) is 0 Å². The van der Waals surface area contributed by atoms with Crippen LogP contribution in [0.5, 0.6) is 0 Å². The van der Waals surface area contributed by atoms with E-state index in [0.717, 1.165) is 0 Å². The molecule has 0 saturated carbocycles. The lowest BCUT2D eigenvalue weighted by molar-refractivity contribution is 1.31. The molecule has 0 atom stereocenters. The highest BCUT2D eigenvalue weighted by Gasteiger charge is 2.04. The molecule has 0 radical (unpaired) electrons. The van der Waals surface area contributed by atoms with E-state index >= 15 is 0 Å². The van der Waals surface area contributed by atoms with Crippen LogP contribution in [0.3, 0.4) is 0 Å². The van der Waals surface area contributed by atoms with Crippen LogP contribution in [0.4, 0.5) is 0 Å². The summed E-state index contributed by atoms with van der Waals surface area (Å²) in [5, 5.41) is 0. The minimum Gasteiger partial charge on any atom is -0.0683 e. The Hall–Kier alpha value is -1.56. The molecule has 2 aromatic rings. The maximum absolute atomic E-state index is 2.27. The van der Waals surface area contributed by atoms with Crippen molar-refractivity contribution in [3.63, 3.8) is 0 Å². The van der Waals surface area contributed by atoms with Gasteiger partial charge in [-0.05, 0) is 61.1 Å². The summed E-state index contributed by atoms with van der Waals surface area (Å²) in [5.74, 6) is 0. The van der Waals surface area contributed by atoms with Gasteiger partial charge in [0, 0.05) is 0 Å². The van der Waals surface area contributed by atoms with Crippen molar-refractivity contribution in [2.24, 2.45) is 0 Å². The van der Waals surface area contributed by atoms with Crippen molar-refractivity contribution in [1.82, 2.24) is 0 Å². The van der Waals surface area contributed by atoms with Crippen molar-refractivity contribution in [2.45, 2.75) is 55.4 Å². The molecule has 0 aliphatic rings.